The van der Waals surface area contributed by atoms with Crippen LogP contribution in [0.4, 0.5) is 0 Å². The first-order chi connectivity index (χ1) is 9.51. The summed E-state index contributed by atoms with van der Waals surface area (Å²) in [7, 11) is 0. The van der Waals surface area contributed by atoms with E-state index in [1.54, 1.807) is 0 Å². The highest BCUT2D eigenvalue weighted by molar-refractivity contribution is 6.31. The minimum atomic E-state index is 0.231. The summed E-state index contributed by atoms with van der Waals surface area (Å²) in [5, 5.41) is 19.2. The van der Waals surface area contributed by atoms with E-state index < -0.39 is 0 Å². The SMILES string of the molecule is CCC(C)c1cc(Cl)c(CC#N)c(C(C)CC)c1C#N. The molecule has 0 radical (unpaired) electrons. The monoisotopic (exact) mass is 288 g/mol. The number of rotatable bonds is 5. The van der Waals surface area contributed by atoms with Gasteiger partial charge in [-0.15, -0.1) is 0 Å². The lowest BCUT2D eigenvalue weighted by Gasteiger charge is -2.22. The van der Waals surface area contributed by atoms with E-state index in [0.29, 0.717) is 10.9 Å². The lowest BCUT2D eigenvalue weighted by molar-refractivity contribution is 0.702. The van der Waals surface area contributed by atoms with Gasteiger partial charge in [-0.25, -0.2) is 0 Å². The summed E-state index contributed by atoms with van der Waals surface area (Å²) in [5.41, 5.74) is 3.53. The van der Waals surface area contributed by atoms with Crippen LogP contribution in [0.3, 0.4) is 0 Å². The van der Waals surface area contributed by atoms with Crippen molar-refractivity contribution >= 4 is 11.6 Å². The second-order valence-corrected chi connectivity index (χ2v) is 5.69. The van der Waals surface area contributed by atoms with Crippen LogP contribution in [0.25, 0.3) is 0 Å². The lowest BCUT2D eigenvalue weighted by atomic mass is 9.82. The Morgan fingerprint density at radius 1 is 1.15 bits per heavy atom. The molecule has 2 unspecified atom stereocenters. The highest BCUT2D eigenvalue weighted by Gasteiger charge is 2.22. The molecule has 20 heavy (non-hydrogen) atoms. The zero-order valence-corrected chi connectivity index (χ0v) is 13.4. The summed E-state index contributed by atoms with van der Waals surface area (Å²) in [6.45, 7) is 8.39. The van der Waals surface area contributed by atoms with Gasteiger partial charge in [-0.05, 0) is 47.4 Å². The van der Waals surface area contributed by atoms with Gasteiger partial charge in [0.15, 0.2) is 0 Å². The van der Waals surface area contributed by atoms with E-state index in [1.165, 1.54) is 0 Å². The Hall–Kier alpha value is -1.51. The van der Waals surface area contributed by atoms with E-state index in [4.69, 9.17) is 16.9 Å². The van der Waals surface area contributed by atoms with Crippen molar-refractivity contribution in [2.24, 2.45) is 0 Å². The fourth-order valence-electron chi connectivity index (χ4n) is 2.47. The smallest absolute Gasteiger partial charge is 0.0997 e. The number of nitriles is 2. The first kappa shape index (κ1) is 16.5. The summed E-state index contributed by atoms with van der Waals surface area (Å²) < 4.78 is 0. The maximum Gasteiger partial charge on any atom is 0.0997 e. The number of hydrogen-bond acceptors (Lipinski definition) is 2. The molecule has 2 nitrogen and oxygen atoms in total. The van der Waals surface area contributed by atoms with E-state index in [9.17, 15) is 5.26 Å². The molecule has 0 aliphatic rings. The molecule has 0 fully saturated rings. The van der Waals surface area contributed by atoms with Crippen molar-refractivity contribution in [1.29, 1.82) is 10.5 Å². The first-order valence-electron chi connectivity index (χ1n) is 7.13. The Kier molecular flexibility index (Phi) is 6.05. The standard InChI is InChI=1S/C17H21ClN2/c1-5-11(3)14-9-16(18)13(7-8-19)17(12(4)6-2)15(14)10-20/h9,11-12H,5-7H2,1-4H3. The van der Waals surface area contributed by atoms with Crippen LogP contribution < -0.4 is 0 Å². The minimum absolute atomic E-state index is 0.231. The third-order valence-corrected chi connectivity index (χ3v) is 4.41. The van der Waals surface area contributed by atoms with Crippen LogP contribution >= 0.6 is 11.6 Å². The summed E-state index contributed by atoms with van der Waals surface area (Å²) >= 11 is 6.38. The molecule has 2 atom stereocenters. The van der Waals surface area contributed by atoms with Gasteiger partial charge in [0.05, 0.1) is 24.1 Å². The Bertz CT molecular complexity index is 564. The third-order valence-electron chi connectivity index (χ3n) is 4.07. The van der Waals surface area contributed by atoms with Crippen LogP contribution in [0.2, 0.25) is 5.02 Å². The molecule has 0 bridgehead atoms. The quantitative estimate of drug-likeness (QED) is 0.737. The van der Waals surface area contributed by atoms with Gasteiger partial charge in [0, 0.05) is 5.02 Å². The average Bonchev–Trinajstić information content (AvgIpc) is 2.46. The molecule has 3 heteroatoms. The van der Waals surface area contributed by atoms with Gasteiger partial charge in [-0.1, -0.05) is 39.3 Å². The predicted octanol–water partition coefficient (Wildman–Crippen LogP) is 5.30. The van der Waals surface area contributed by atoms with Crippen LogP contribution in [0.1, 0.15) is 74.6 Å². The normalized spacial score (nSPS) is 13.3. The first-order valence-corrected chi connectivity index (χ1v) is 7.51. The van der Waals surface area contributed by atoms with Crippen molar-refractivity contribution in [1.82, 2.24) is 0 Å². The van der Waals surface area contributed by atoms with E-state index in [-0.39, 0.29) is 12.3 Å². The summed E-state index contributed by atoms with van der Waals surface area (Å²) in [6, 6.07) is 6.40. The largest absolute Gasteiger partial charge is 0.198 e. The maximum absolute atomic E-state index is 9.60. The van der Waals surface area contributed by atoms with Gasteiger partial charge >= 0.3 is 0 Å². The number of nitrogens with zero attached hydrogens (tertiary/aromatic N) is 2. The van der Waals surface area contributed by atoms with Gasteiger partial charge in [0.25, 0.3) is 0 Å². The zero-order valence-electron chi connectivity index (χ0n) is 12.6. The molecule has 1 aromatic carbocycles. The Morgan fingerprint density at radius 2 is 1.75 bits per heavy atom. The molecule has 0 saturated carbocycles. The van der Waals surface area contributed by atoms with Crippen molar-refractivity contribution < 1.29 is 0 Å². The van der Waals surface area contributed by atoms with Gasteiger partial charge in [0.1, 0.15) is 0 Å². The Morgan fingerprint density at radius 3 is 2.20 bits per heavy atom. The topological polar surface area (TPSA) is 47.6 Å². The summed E-state index contributed by atoms with van der Waals surface area (Å²) in [5.74, 6) is 0.524. The minimum Gasteiger partial charge on any atom is -0.198 e. The second kappa shape index (κ2) is 7.32. The molecule has 0 aliphatic carbocycles. The second-order valence-electron chi connectivity index (χ2n) is 5.28. The molecular formula is C17H21ClN2. The number of hydrogen-bond donors (Lipinski definition) is 0. The lowest BCUT2D eigenvalue weighted by Crippen LogP contribution is -2.08. The molecule has 0 aromatic heterocycles. The van der Waals surface area contributed by atoms with Gasteiger partial charge in [-0.3, -0.25) is 0 Å². The van der Waals surface area contributed by atoms with Crippen molar-refractivity contribution in [3.63, 3.8) is 0 Å². The highest BCUT2D eigenvalue weighted by Crippen LogP contribution is 2.37. The predicted molar refractivity (Wildman–Crippen MR) is 82.9 cm³/mol. The van der Waals surface area contributed by atoms with Crippen molar-refractivity contribution in [2.45, 2.75) is 58.8 Å². The molecular weight excluding hydrogens is 268 g/mol. The van der Waals surface area contributed by atoms with Gasteiger partial charge in [0.2, 0.25) is 0 Å². The fourth-order valence-corrected chi connectivity index (χ4v) is 2.76. The Balaban J connectivity index is 3.68. The maximum atomic E-state index is 9.60. The van der Waals surface area contributed by atoms with E-state index in [0.717, 1.165) is 35.1 Å². The average molecular weight is 289 g/mol. The fraction of sp³-hybridized carbons (Fsp3) is 0.529. The van der Waals surface area contributed by atoms with E-state index in [1.807, 2.05) is 6.07 Å². The van der Waals surface area contributed by atoms with E-state index in [2.05, 4.69) is 39.8 Å². The molecule has 0 spiro atoms. The van der Waals surface area contributed by atoms with Crippen molar-refractivity contribution in [3.8, 4) is 12.1 Å². The molecule has 0 N–H and O–H groups in total. The molecule has 0 heterocycles. The third kappa shape index (κ3) is 3.14. The van der Waals surface area contributed by atoms with Crippen LogP contribution in [0.15, 0.2) is 6.07 Å². The zero-order chi connectivity index (χ0) is 15.3. The molecule has 1 aromatic rings. The van der Waals surface area contributed by atoms with Gasteiger partial charge < -0.3 is 0 Å². The van der Waals surface area contributed by atoms with Crippen LogP contribution in [0.5, 0.6) is 0 Å². The van der Waals surface area contributed by atoms with Crippen molar-refractivity contribution in [2.75, 3.05) is 0 Å². The molecule has 0 amide bonds. The number of benzene rings is 1. The molecule has 0 aliphatic heterocycles. The van der Waals surface area contributed by atoms with Crippen molar-refractivity contribution in [3.05, 3.63) is 33.3 Å². The van der Waals surface area contributed by atoms with E-state index >= 15 is 0 Å². The summed E-state index contributed by atoms with van der Waals surface area (Å²) in [6.07, 6.45) is 2.14. The van der Waals surface area contributed by atoms with Crippen LogP contribution in [0, 0.1) is 22.7 Å². The number of halogens is 1. The molecule has 106 valence electrons. The van der Waals surface area contributed by atoms with Crippen LogP contribution in [-0.4, -0.2) is 0 Å². The van der Waals surface area contributed by atoms with Crippen LogP contribution in [-0.2, 0) is 6.42 Å². The molecule has 1 rings (SSSR count). The van der Waals surface area contributed by atoms with Gasteiger partial charge in [-0.2, -0.15) is 10.5 Å². The molecule has 0 saturated heterocycles. The Labute approximate surface area is 127 Å². The highest BCUT2D eigenvalue weighted by atomic mass is 35.5. The summed E-state index contributed by atoms with van der Waals surface area (Å²) in [4.78, 5) is 0.